The molecule has 0 bridgehead atoms. The van der Waals surface area contributed by atoms with E-state index in [0.717, 1.165) is 12.6 Å². The zero-order valence-electron chi connectivity index (χ0n) is 7.51. The van der Waals surface area contributed by atoms with Crippen LogP contribution >= 0.6 is 11.6 Å². The van der Waals surface area contributed by atoms with Crippen LogP contribution < -0.4 is 5.32 Å². The monoisotopic (exact) mass is 192 g/mol. The summed E-state index contributed by atoms with van der Waals surface area (Å²) in [5, 5.41) is 11.5. The second-order valence-corrected chi connectivity index (χ2v) is 3.99. The highest BCUT2D eigenvalue weighted by Crippen LogP contribution is 2.14. The minimum Gasteiger partial charge on any atom is -0.386 e. The van der Waals surface area contributed by atoms with Crippen molar-refractivity contribution in [3.63, 3.8) is 0 Å². The van der Waals surface area contributed by atoms with E-state index in [1.165, 1.54) is 32.1 Å². The topological polar surface area (TPSA) is 36.8 Å². The highest BCUT2D eigenvalue weighted by atomic mass is 35.5. The van der Waals surface area contributed by atoms with Crippen molar-refractivity contribution in [1.82, 2.24) is 0 Å². The molecule has 0 heterocycles. The Labute approximate surface area is 79.3 Å². The van der Waals surface area contributed by atoms with Crippen molar-refractivity contribution in [2.24, 2.45) is 0 Å². The first-order chi connectivity index (χ1) is 5.83. The summed E-state index contributed by atoms with van der Waals surface area (Å²) in [6, 6.07) is 0.747. The van der Waals surface area contributed by atoms with E-state index < -0.39 is 0 Å². The molecule has 1 fully saturated rings. The lowest BCUT2D eigenvalue weighted by molar-refractivity contribution is -0.696. The fourth-order valence-electron chi connectivity index (χ4n) is 1.78. The van der Waals surface area contributed by atoms with E-state index in [-0.39, 0.29) is 6.10 Å². The van der Waals surface area contributed by atoms with Gasteiger partial charge in [-0.1, -0.05) is 6.42 Å². The van der Waals surface area contributed by atoms with Crippen molar-refractivity contribution >= 4 is 11.6 Å². The van der Waals surface area contributed by atoms with Gasteiger partial charge in [-0.05, 0) is 25.7 Å². The second kappa shape index (κ2) is 5.79. The normalized spacial score (nSPS) is 22.5. The molecule has 1 aliphatic rings. The van der Waals surface area contributed by atoms with E-state index in [1.54, 1.807) is 0 Å². The van der Waals surface area contributed by atoms with Gasteiger partial charge in [-0.2, -0.15) is 0 Å². The number of hydrogen-bond donors (Lipinski definition) is 2. The Morgan fingerprint density at radius 1 is 1.33 bits per heavy atom. The fourth-order valence-corrected chi connectivity index (χ4v) is 1.91. The lowest BCUT2D eigenvalue weighted by atomic mass is 9.95. The minimum absolute atomic E-state index is 0.325. The van der Waals surface area contributed by atoms with Crippen molar-refractivity contribution in [2.75, 3.05) is 12.4 Å². The highest BCUT2D eigenvalue weighted by molar-refractivity contribution is 6.18. The summed E-state index contributed by atoms with van der Waals surface area (Å²) >= 11 is 5.50. The summed E-state index contributed by atoms with van der Waals surface area (Å²) in [6.45, 7) is 0.772. The van der Waals surface area contributed by atoms with Crippen molar-refractivity contribution < 1.29 is 10.4 Å². The molecule has 0 aromatic rings. The third kappa shape index (κ3) is 3.74. The average molecular weight is 193 g/mol. The molecule has 1 saturated carbocycles. The van der Waals surface area contributed by atoms with Gasteiger partial charge in [0.15, 0.2) is 0 Å². The number of nitrogens with two attached hydrogens (primary N) is 1. The summed E-state index contributed by atoms with van der Waals surface area (Å²) in [5.41, 5.74) is 0. The van der Waals surface area contributed by atoms with Crippen LogP contribution in [0.2, 0.25) is 0 Å². The molecule has 0 aromatic carbocycles. The molecule has 2 nitrogen and oxygen atoms in total. The van der Waals surface area contributed by atoms with E-state index >= 15 is 0 Å². The number of quaternary nitrogens is 1. The molecule has 0 saturated heterocycles. The van der Waals surface area contributed by atoms with Gasteiger partial charge in [0.05, 0.1) is 11.9 Å². The Bertz CT molecular complexity index is 115. The molecule has 0 radical (unpaired) electrons. The molecule has 1 aliphatic carbocycles. The highest BCUT2D eigenvalue weighted by Gasteiger charge is 2.16. The largest absolute Gasteiger partial charge is 0.386 e. The maximum atomic E-state index is 9.23. The van der Waals surface area contributed by atoms with Gasteiger partial charge in [0.2, 0.25) is 0 Å². The first kappa shape index (κ1) is 10.3. The summed E-state index contributed by atoms with van der Waals surface area (Å²) in [7, 11) is 0. The van der Waals surface area contributed by atoms with E-state index in [9.17, 15) is 5.11 Å². The Hall–Kier alpha value is 0.210. The van der Waals surface area contributed by atoms with Crippen molar-refractivity contribution in [3.05, 3.63) is 0 Å². The smallest absolute Gasteiger partial charge is 0.116 e. The minimum atomic E-state index is -0.325. The van der Waals surface area contributed by atoms with Crippen LogP contribution in [0.15, 0.2) is 0 Å². The zero-order valence-corrected chi connectivity index (χ0v) is 8.26. The fraction of sp³-hybridized carbons (Fsp3) is 1.00. The van der Waals surface area contributed by atoms with Gasteiger partial charge < -0.3 is 10.4 Å². The molecular weight excluding hydrogens is 174 g/mol. The molecular formula is C9H19ClNO+. The first-order valence-corrected chi connectivity index (χ1v) is 5.43. The zero-order chi connectivity index (χ0) is 8.81. The van der Waals surface area contributed by atoms with Gasteiger partial charge >= 0.3 is 0 Å². The SMILES string of the molecule is O[C@@H](CCl)C[NH2+]C1CCCCC1. The number of aliphatic hydroxyl groups excluding tert-OH is 1. The molecule has 3 N–H and O–H groups in total. The van der Waals surface area contributed by atoms with Crippen LogP contribution in [-0.4, -0.2) is 29.7 Å². The molecule has 3 heteroatoms. The molecule has 72 valence electrons. The van der Waals surface area contributed by atoms with E-state index in [2.05, 4.69) is 5.32 Å². The maximum absolute atomic E-state index is 9.23. The molecule has 12 heavy (non-hydrogen) atoms. The van der Waals surface area contributed by atoms with E-state index in [1.807, 2.05) is 0 Å². The summed E-state index contributed by atoms with van der Waals surface area (Å²) in [4.78, 5) is 0. The molecule has 0 aromatic heterocycles. The van der Waals surface area contributed by atoms with Crippen LogP contribution in [0.5, 0.6) is 0 Å². The first-order valence-electron chi connectivity index (χ1n) is 4.90. The van der Waals surface area contributed by atoms with Crippen LogP contribution in [0.1, 0.15) is 32.1 Å². The number of alkyl halides is 1. The van der Waals surface area contributed by atoms with Gasteiger partial charge in [-0.3, -0.25) is 0 Å². The van der Waals surface area contributed by atoms with Crippen LogP contribution in [0.4, 0.5) is 0 Å². The molecule has 1 atom stereocenters. The second-order valence-electron chi connectivity index (χ2n) is 3.68. The summed E-state index contributed by atoms with van der Waals surface area (Å²) < 4.78 is 0. The summed E-state index contributed by atoms with van der Waals surface area (Å²) in [5.74, 6) is 0.364. The maximum Gasteiger partial charge on any atom is 0.116 e. The van der Waals surface area contributed by atoms with E-state index in [0.29, 0.717) is 5.88 Å². The van der Waals surface area contributed by atoms with Crippen molar-refractivity contribution in [2.45, 2.75) is 44.2 Å². The van der Waals surface area contributed by atoms with Crippen LogP contribution in [-0.2, 0) is 0 Å². The van der Waals surface area contributed by atoms with Crippen molar-refractivity contribution in [3.8, 4) is 0 Å². The Morgan fingerprint density at radius 2 is 2.00 bits per heavy atom. The Kier molecular flexibility index (Phi) is 4.96. The average Bonchev–Trinajstić information content (AvgIpc) is 2.16. The lowest BCUT2D eigenvalue weighted by Gasteiger charge is -2.20. The number of aliphatic hydroxyl groups is 1. The lowest BCUT2D eigenvalue weighted by Crippen LogP contribution is -2.92. The molecule has 0 amide bonds. The van der Waals surface area contributed by atoms with Gasteiger partial charge in [0.25, 0.3) is 0 Å². The predicted molar refractivity (Wildman–Crippen MR) is 50.4 cm³/mol. The molecule has 1 rings (SSSR count). The summed E-state index contributed by atoms with van der Waals surface area (Å²) in [6.07, 6.45) is 6.41. The van der Waals surface area contributed by atoms with Crippen molar-refractivity contribution in [1.29, 1.82) is 0 Å². The van der Waals surface area contributed by atoms with Gasteiger partial charge in [-0.15, -0.1) is 11.6 Å². The molecule has 0 aliphatic heterocycles. The van der Waals surface area contributed by atoms with Gasteiger partial charge in [-0.25, -0.2) is 0 Å². The van der Waals surface area contributed by atoms with Gasteiger partial charge in [0, 0.05) is 0 Å². The van der Waals surface area contributed by atoms with Crippen LogP contribution in [0, 0.1) is 0 Å². The predicted octanol–water partition coefficient (Wildman–Crippen LogP) is 0.482. The molecule has 0 unspecified atom stereocenters. The number of hydrogen-bond acceptors (Lipinski definition) is 1. The number of halogens is 1. The Morgan fingerprint density at radius 3 is 2.58 bits per heavy atom. The third-order valence-electron chi connectivity index (χ3n) is 2.57. The quantitative estimate of drug-likeness (QED) is 0.625. The number of rotatable bonds is 4. The third-order valence-corrected chi connectivity index (χ3v) is 2.93. The van der Waals surface area contributed by atoms with Crippen LogP contribution in [0.25, 0.3) is 0 Å². The standard InChI is InChI=1S/C9H18ClNO/c10-6-9(12)7-11-8-4-2-1-3-5-8/h8-9,11-12H,1-7H2/p+1/t9-/m0/s1. The molecule has 0 spiro atoms. The van der Waals surface area contributed by atoms with E-state index in [4.69, 9.17) is 11.6 Å². The van der Waals surface area contributed by atoms with Gasteiger partial charge in [0.1, 0.15) is 12.6 Å². The van der Waals surface area contributed by atoms with Crippen LogP contribution in [0.3, 0.4) is 0 Å². The Balaban J connectivity index is 2.05.